The molecule has 0 amide bonds. The van der Waals surface area contributed by atoms with E-state index in [0.29, 0.717) is 40.3 Å². The minimum atomic E-state index is -3.72. The molecule has 3 N–H and O–H groups in total. The van der Waals surface area contributed by atoms with Crippen molar-refractivity contribution in [2.45, 2.75) is 56.9 Å². The number of aromatic nitrogens is 2. The fourth-order valence-electron chi connectivity index (χ4n) is 5.67. The molecule has 0 unspecified atom stereocenters. The van der Waals surface area contributed by atoms with Crippen LogP contribution in [0.1, 0.15) is 46.0 Å². The molecule has 2 aromatic carbocycles. The van der Waals surface area contributed by atoms with E-state index in [1.165, 1.54) is 45.2 Å². The predicted molar refractivity (Wildman–Crippen MR) is 176 cm³/mol. The number of anilines is 5. The van der Waals surface area contributed by atoms with Crippen molar-refractivity contribution in [3.05, 3.63) is 53.1 Å². The molecule has 3 aromatic rings. The van der Waals surface area contributed by atoms with Gasteiger partial charge in [-0.3, -0.25) is 0 Å². The van der Waals surface area contributed by atoms with Gasteiger partial charge in [0, 0.05) is 43.6 Å². The zero-order chi connectivity index (χ0) is 30.4. The van der Waals surface area contributed by atoms with Gasteiger partial charge in [0.25, 0.3) is 0 Å². The molecule has 0 aliphatic carbocycles. The van der Waals surface area contributed by atoms with Crippen LogP contribution in [-0.2, 0) is 10.0 Å². The number of methoxy groups -OCH3 is 1. The third kappa shape index (κ3) is 7.97. The Morgan fingerprint density at radius 2 is 1.74 bits per heavy atom. The van der Waals surface area contributed by atoms with Crippen LogP contribution in [0.3, 0.4) is 0 Å². The SMILES string of the molecule is COc1cc(N2CCC(N3CCCCC3)CC2)ccc1Nc1ncc(Br)c(Nc2ccccc2S(=O)(=O)NCC(C)C)n1. The van der Waals surface area contributed by atoms with Crippen LogP contribution in [0.4, 0.5) is 28.8 Å². The molecule has 2 fully saturated rings. The van der Waals surface area contributed by atoms with E-state index in [4.69, 9.17) is 4.74 Å². The lowest BCUT2D eigenvalue weighted by molar-refractivity contribution is 0.141. The molecule has 43 heavy (non-hydrogen) atoms. The number of sulfonamides is 1. The Morgan fingerprint density at radius 3 is 2.47 bits per heavy atom. The lowest BCUT2D eigenvalue weighted by atomic mass is 9.99. The van der Waals surface area contributed by atoms with Crippen LogP contribution in [-0.4, -0.2) is 69.2 Å². The second-order valence-electron chi connectivity index (χ2n) is 11.6. The molecular weight excluding hydrogens is 630 g/mol. The van der Waals surface area contributed by atoms with Crippen LogP contribution >= 0.6 is 15.9 Å². The molecule has 3 heterocycles. The first kappa shape index (κ1) is 31.5. The van der Waals surface area contributed by atoms with E-state index in [-0.39, 0.29) is 10.8 Å². The number of piperidine rings is 2. The first-order valence-corrected chi connectivity index (χ1v) is 17.3. The molecule has 0 saturated carbocycles. The number of benzene rings is 2. The Bertz CT molecular complexity index is 1490. The second kappa shape index (κ2) is 14.2. The van der Waals surface area contributed by atoms with E-state index in [0.717, 1.165) is 24.5 Å². The minimum Gasteiger partial charge on any atom is -0.494 e. The van der Waals surface area contributed by atoms with Crippen molar-refractivity contribution in [3.63, 3.8) is 0 Å². The smallest absolute Gasteiger partial charge is 0.242 e. The zero-order valence-corrected chi connectivity index (χ0v) is 27.5. The number of halogens is 1. The fraction of sp³-hybridized carbons (Fsp3) is 0.484. The lowest BCUT2D eigenvalue weighted by Crippen LogP contribution is -2.46. The average molecular weight is 673 g/mol. The van der Waals surface area contributed by atoms with Gasteiger partial charge >= 0.3 is 0 Å². The first-order chi connectivity index (χ1) is 20.7. The number of nitrogens with one attached hydrogen (secondary N) is 3. The third-order valence-corrected chi connectivity index (χ3v) is 10.1. The maximum absolute atomic E-state index is 13.0. The van der Waals surface area contributed by atoms with E-state index < -0.39 is 10.0 Å². The van der Waals surface area contributed by atoms with E-state index in [1.54, 1.807) is 37.6 Å². The van der Waals surface area contributed by atoms with Crippen LogP contribution in [0.15, 0.2) is 58.0 Å². The quantitative estimate of drug-likeness (QED) is 0.222. The maximum Gasteiger partial charge on any atom is 0.242 e. The summed E-state index contributed by atoms with van der Waals surface area (Å²) in [5, 5.41) is 6.44. The molecule has 2 aliphatic rings. The third-order valence-electron chi connectivity index (χ3n) is 8.02. The summed E-state index contributed by atoms with van der Waals surface area (Å²) in [7, 11) is -2.06. The topological polar surface area (TPSA) is 112 Å². The van der Waals surface area contributed by atoms with Crippen molar-refractivity contribution >= 4 is 54.8 Å². The molecule has 5 rings (SSSR count). The Kier molecular flexibility index (Phi) is 10.4. The van der Waals surface area contributed by atoms with Crippen LogP contribution in [0.25, 0.3) is 0 Å². The molecule has 1 aromatic heterocycles. The van der Waals surface area contributed by atoms with Gasteiger partial charge in [-0.2, -0.15) is 4.98 Å². The Balaban J connectivity index is 1.28. The van der Waals surface area contributed by atoms with Gasteiger partial charge in [0.1, 0.15) is 16.5 Å². The summed E-state index contributed by atoms with van der Waals surface area (Å²) in [5.41, 5.74) is 2.29. The lowest BCUT2D eigenvalue weighted by Gasteiger charge is -2.41. The van der Waals surface area contributed by atoms with Crippen molar-refractivity contribution in [1.29, 1.82) is 0 Å². The highest BCUT2D eigenvalue weighted by Crippen LogP contribution is 2.34. The highest BCUT2D eigenvalue weighted by Gasteiger charge is 2.26. The zero-order valence-electron chi connectivity index (χ0n) is 25.1. The van der Waals surface area contributed by atoms with Crippen LogP contribution in [0, 0.1) is 5.92 Å². The second-order valence-corrected chi connectivity index (χ2v) is 14.2. The number of hydrogen-bond donors (Lipinski definition) is 3. The molecule has 232 valence electrons. The number of para-hydroxylation sites is 1. The van der Waals surface area contributed by atoms with Crippen LogP contribution in [0.2, 0.25) is 0 Å². The molecule has 0 bridgehead atoms. The van der Waals surface area contributed by atoms with Crippen molar-refractivity contribution in [2.75, 3.05) is 55.4 Å². The highest BCUT2D eigenvalue weighted by molar-refractivity contribution is 9.10. The predicted octanol–water partition coefficient (Wildman–Crippen LogP) is 6.12. The summed E-state index contributed by atoms with van der Waals surface area (Å²) in [6, 6.07) is 13.6. The van der Waals surface area contributed by atoms with Gasteiger partial charge in [0.2, 0.25) is 16.0 Å². The highest BCUT2D eigenvalue weighted by atomic mass is 79.9. The first-order valence-electron chi connectivity index (χ1n) is 15.1. The Hall–Kier alpha value is -2.93. The van der Waals surface area contributed by atoms with Gasteiger partial charge in [-0.05, 0) is 84.9 Å². The van der Waals surface area contributed by atoms with E-state index in [9.17, 15) is 8.42 Å². The molecule has 12 heteroatoms. The van der Waals surface area contributed by atoms with E-state index in [1.807, 2.05) is 19.9 Å². The summed E-state index contributed by atoms with van der Waals surface area (Å²) in [6.45, 7) is 8.82. The monoisotopic (exact) mass is 671 g/mol. The van der Waals surface area contributed by atoms with Gasteiger partial charge < -0.3 is 25.2 Å². The summed E-state index contributed by atoms with van der Waals surface area (Å²) in [6.07, 6.45) is 8.02. The number of nitrogens with zero attached hydrogens (tertiary/aromatic N) is 4. The summed E-state index contributed by atoms with van der Waals surface area (Å²) < 4.78 is 35.1. The van der Waals surface area contributed by atoms with Crippen molar-refractivity contribution < 1.29 is 13.2 Å². The molecule has 10 nitrogen and oxygen atoms in total. The largest absolute Gasteiger partial charge is 0.494 e. The number of likely N-dealkylation sites (tertiary alicyclic amines) is 1. The summed E-state index contributed by atoms with van der Waals surface area (Å²) >= 11 is 3.50. The van der Waals surface area contributed by atoms with Crippen LogP contribution < -0.4 is 25.0 Å². The molecular formula is C31H42BrN7O3S. The average Bonchev–Trinajstić information content (AvgIpc) is 3.02. The molecule has 0 radical (unpaired) electrons. The molecule has 0 spiro atoms. The van der Waals surface area contributed by atoms with Gasteiger partial charge in [0.05, 0.1) is 23.0 Å². The van der Waals surface area contributed by atoms with E-state index in [2.05, 4.69) is 63.2 Å². The van der Waals surface area contributed by atoms with Crippen LogP contribution in [0.5, 0.6) is 5.75 Å². The number of rotatable bonds is 11. The maximum atomic E-state index is 13.0. The Morgan fingerprint density at radius 1 is 1.00 bits per heavy atom. The van der Waals surface area contributed by atoms with Crippen molar-refractivity contribution in [1.82, 2.24) is 19.6 Å². The van der Waals surface area contributed by atoms with Crippen molar-refractivity contribution in [2.24, 2.45) is 5.92 Å². The summed E-state index contributed by atoms with van der Waals surface area (Å²) in [4.78, 5) is 14.3. The summed E-state index contributed by atoms with van der Waals surface area (Å²) in [5.74, 6) is 1.65. The van der Waals surface area contributed by atoms with Crippen molar-refractivity contribution in [3.8, 4) is 5.75 Å². The standard InChI is InChI=1S/C31H42BrN7O3S/c1-22(2)20-34-43(40,41)29-10-6-5-9-27(29)35-30-25(32)21-33-31(37-30)36-26-12-11-24(19-28(26)42-3)39-17-13-23(14-18-39)38-15-7-4-8-16-38/h5-6,9-12,19,21-23,34H,4,7-8,13-18,20H2,1-3H3,(H2,33,35,36,37). The van der Waals surface area contributed by atoms with Gasteiger partial charge in [-0.1, -0.05) is 32.4 Å². The molecule has 2 saturated heterocycles. The minimum absolute atomic E-state index is 0.146. The fourth-order valence-corrected chi connectivity index (χ4v) is 7.34. The van der Waals surface area contributed by atoms with Gasteiger partial charge in [0.15, 0.2) is 0 Å². The van der Waals surface area contributed by atoms with E-state index >= 15 is 0 Å². The van der Waals surface area contributed by atoms with Gasteiger partial charge in [-0.15, -0.1) is 0 Å². The molecule has 0 atom stereocenters. The molecule has 2 aliphatic heterocycles. The number of hydrogen-bond acceptors (Lipinski definition) is 9. The number of ether oxygens (including phenoxy) is 1. The Labute approximate surface area is 263 Å². The normalized spacial score (nSPS) is 16.8. The van der Waals surface area contributed by atoms with Gasteiger partial charge in [-0.25, -0.2) is 18.1 Å².